The molecule has 2 bridgehead atoms. The molecular weight excluding hydrogens is 140 g/mol. The van der Waals surface area contributed by atoms with E-state index in [-0.39, 0.29) is 5.60 Å². The second-order valence-corrected chi connectivity index (χ2v) is 4.09. The molecule has 2 rings (SSSR count). The normalized spacial score (nSPS) is 48.5. The van der Waals surface area contributed by atoms with Crippen molar-refractivity contribution >= 4 is 0 Å². The Kier molecular flexibility index (Phi) is 1.69. The van der Waals surface area contributed by atoms with Gasteiger partial charge in [-0.3, -0.25) is 5.26 Å². The zero-order valence-corrected chi connectivity index (χ0v) is 7.05. The lowest BCUT2D eigenvalue weighted by atomic mass is 9.82. The van der Waals surface area contributed by atoms with E-state index in [1.165, 1.54) is 19.3 Å². The smallest absolute Gasteiger partial charge is 0.106 e. The highest BCUT2D eigenvalue weighted by Gasteiger charge is 2.51. The maximum atomic E-state index is 8.84. The molecule has 0 radical (unpaired) electrons. The Morgan fingerprint density at radius 3 is 2.64 bits per heavy atom. The van der Waals surface area contributed by atoms with Crippen LogP contribution in [-0.2, 0) is 4.89 Å². The Balaban J connectivity index is 2.14. The van der Waals surface area contributed by atoms with Crippen LogP contribution in [0.5, 0.6) is 0 Å². The summed E-state index contributed by atoms with van der Waals surface area (Å²) in [5.41, 5.74) is -0.150. The predicted octanol–water partition coefficient (Wildman–Crippen LogP) is 2.44. The van der Waals surface area contributed by atoms with E-state index in [0.29, 0.717) is 5.92 Å². The van der Waals surface area contributed by atoms with Gasteiger partial charge in [0.15, 0.2) is 0 Å². The van der Waals surface area contributed by atoms with Gasteiger partial charge in [0.1, 0.15) is 5.60 Å². The van der Waals surface area contributed by atoms with E-state index in [0.717, 1.165) is 18.8 Å². The van der Waals surface area contributed by atoms with Crippen LogP contribution < -0.4 is 0 Å². The van der Waals surface area contributed by atoms with Crippen LogP contribution in [0.1, 0.15) is 39.0 Å². The van der Waals surface area contributed by atoms with Crippen molar-refractivity contribution in [2.24, 2.45) is 11.8 Å². The minimum absolute atomic E-state index is 0.150. The van der Waals surface area contributed by atoms with E-state index in [9.17, 15) is 0 Å². The molecule has 0 aliphatic heterocycles. The molecule has 11 heavy (non-hydrogen) atoms. The van der Waals surface area contributed by atoms with Gasteiger partial charge in [0, 0.05) is 0 Å². The van der Waals surface area contributed by atoms with Crippen LogP contribution >= 0.6 is 0 Å². The number of rotatable bonds is 2. The summed E-state index contributed by atoms with van der Waals surface area (Å²) in [4.78, 5) is 4.68. The van der Waals surface area contributed by atoms with Crippen LogP contribution in [-0.4, -0.2) is 10.9 Å². The van der Waals surface area contributed by atoms with E-state index < -0.39 is 0 Å². The molecule has 2 heteroatoms. The highest BCUT2D eigenvalue weighted by Crippen LogP contribution is 2.53. The van der Waals surface area contributed by atoms with Crippen LogP contribution in [0.2, 0.25) is 0 Å². The first-order valence-electron chi connectivity index (χ1n) is 4.63. The van der Waals surface area contributed by atoms with Crippen LogP contribution in [0.4, 0.5) is 0 Å². The molecule has 0 spiro atoms. The molecule has 1 N–H and O–H groups in total. The minimum Gasteiger partial charge on any atom is -0.251 e. The summed E-state index contributed by atoms with van der Waals surface area (Å²) in [6.45, 7) is 2.11. The van der Waals surface area contributed by atoms with Crippen molar-refractivity contribution in [3.63, 3.8) is 0 Å². The summed E-state index contributed by atoms with van der Waals surface area (Å²) in [5.74, 6) is 1.48. The summed E-state index contributed by atoms with van der Waals surface area (Å²) < 4.78 is 0. The van der Waals surface area contributed by atoms with Gasteiger partial charge in [0.05, 0.1) is 0 Å². The molecule has 2 saturated carbocycles. The Bertz CT molecular complexity index is 152. The zero-order chi connectivity index (χ0) is 7.90. The molecule has 0 heterocycles. The first-order chi connectivity index (χ1) is 5.30. The average molecular weight is 156 g/mol. The van der Waals surface area contributed by atoms with Crippen LogP contribution in [0.25, 0.3) is 0 Å². The molecule has 64 valence electrons. The summed E-state index contributed by atoms with van der Waals surface area (Å²) in [6.07, 6.45) is 5.96. The van der Waals surface area contributed by atoms with E-state index in [4.69, 9.17) is 5.26 Å². The molecule has 2 aliphatic carbocycles. The molecule has 0 aromatic rings. The Labute approximate surface area is 67.5 Å². The minimum atomic E-state index is -0.150. The quantitative estimate of drug-likeness (QED) is 0.491. The van der Waals surface area contributed by atoms with Crippen molar-refractivity contribution in [1.29, 1.82) is 0 Å². The molecular formula is C9H16O2. The highest BCUT2D eigenvalue weighted by atomic mass is 17.1. The first-order valence-corrected chi connectivity index (χ1v) is 4.63. The van der Waals surface area contributed by atoms with Crippen molar-refractivity contribution in [3.8, 4) is 0 Å². The molecule has 0 aromatic carbocycles. The Morgan fingerprint density at radius 2 is 2.36 bits per heavy atom. The molecule has 3 unspecified atom stereocenters. The van der Waals surface area contributed by atoms with Gasteiger partial charge in [-0.2, -0.15) is 0 Å². The lowest BCUT2D eigenvalue weighted by Gasteiger charge is -2.33. The Morgan fingerprint density at radius 1 is 1.55 bits per heavy atom. The third-order valence-electron chi connectivity index (χ3n) is 3.70. The number of hydrogen-bond acceptors (Lipinski definition) is 2. The molecule has 0 amide bonds. The fourth-order valence-corrected chi connectivity index (χ4v) is 3.00. The molecule has 2 aliphatic rings. The van der Waals surface area contributed by atoms with Crippen molar-refractivity contribution in [1.82, 2.24) is 0 Å². The van der Waals surface area contributed by atoms with Crippen LogP contribution in [0, 0.1) is 11.8 Å². The standard InChI is InChI=1S/C9H16O2/c1-2-9(11-10)6-7-3-4-8(9)5-7/h7-8,10H,2-6H2,1H3. The third kappa shape index (κ3) is 0.926. The van der Waals surface area contributed by atoms with Gasteiger partial charge < -0.3 is 0 Å². The van der Waals surface area contributed by atoms with Crippen molar-refractivity contribution in [2.45, 2.75) is 44.6 Å². The molecule has 0 aromatic heterocycles. The monoisotopic (exact) mass is 156 g/mol. The molecule has 3 atom stereocenters. The fraction of sp³-hybridized carbons (Fsp3) is 1.00. The van der Waals surface area contributed by atoms with Gasteiger partial charge in [0.2, 0.25) is 0 Å². The second kappa shape index (κ2) is 2.46. The number of fused-ring (bicyclic) bond motifs is 2. The van der Waals surface area contributed by atoms with Crippen LogP contribution in [0.15, 0.2) is 0 Å². The second-order valence-electron chi connectivity index (χ2n) is 4.09. The van der Waals surface area contributed by atoms with Crippen LogP contribution in [0.3, 0.4) is 0 Å². The topological polar surface area (TPSA) is 29.5 Å². The van der Waals surface area contributed by atoms with Gasteiger partial charge in [-0.05, 0) is 43.9 Å². The van der Waals surface area contributed by atoms with E-state index >= 15 is 0 Å². The van der Waals surface area contributed by atoms with Gasteiger partial charge in [-0.15, -0.1) is 0 Å². The third-order valence-corrected chi connectivity index (χ3v) is 3.70. The zero-order valence-electron chi connectivity index (χ0n) is 7.05. The lowest BCUT2D eigenvalue weighted by Crippen LogP contribution is -2.36. The Hall–Kier alpha value is -0.0800. The van der Waals surface area contributed by atoms with Gasteiger partial charge in [0.25, 0.3) is 0 Å². The SMILES string of the molecule is CCC1(OO)CC2CCC1C2. The average Bonchev–Trinajstić information content (AvgIpc) is 2.62. The van der Waals surface area contributed by atoms with Gasteiger partial charge >= 0.3 is 0 Å². The van der Waals surface area contributed by atoms with Gasteiger partial charge in [-0.25, -0.2) is 4.89 Å². The van der Waals surface area contributed by atoms with Crippen molar-refractivity contribution < 1.29 is 10.1 Å². The maximum absolute atomic E-state index is 8.84. The molecule has 2 nitrogen and oxygen atoms in total. The highest BCUT2D eigenvalue weighted by molar-refractivity contribution is 5.00. The predicted molar refractivity (Wildman–Crippen MR) is 42.2 cm³/mol. The summed E-state index contributed by atoms with van der Waals surface area (Å²) in [6, 6.07) is 0. The van der Waals surface area contributed by atoms with E-state index in [2.05, 4.69) is 11.8 Å². The fourth-order valence-electron chi connectivity index (χ4n) is 3.00. The number of hydrogen-bond donors (Lipinski definition) is 1. The van der Waals surface area contributed by atoms with E-state index in [1.54, 1.807) is 0 Å². The lowest BCUT2D eigenvalue weighted by molar-refractivity contribution is -0.337. The van der Waals surface area contributed by atoms with Crippen molar-refractivity contribution in [3.05, 3.63) is 0 Å². The molecule has 0 saturated heterocycles. The molecule has 2 fully saturated rings. The summed E-state index contributed by atoms with van der Waals surface area (Å²) in [5, 5.41) is 8.84. The maximum Gasteiger partial charge on any atom is 0.106 e. The summed E-state index contributed by atoms with van der Waals surface area (Å²) in [7, 11) is 0. The van der Waals surface area contributed by atoms with Gasteiger partial charge in [-0.1, -0.05) is 6.92 Å². The van der Waals surface area contributed by atoms with E-state index in [1.807, 2.05) is 0 Å². The largest absolute Gasteiger partial charge is 0.251 e. The van der Waals surface area contributed by atoms with Crippen molar-refractivity contribution in [2.75, 3.05) is 0 Å². The first kappa shape index (κ1) is 7.56. The summed E-state index contributed by atoms with van der Waals surface area (Å²) >= 11 is 0.